The molecule has 6 nitrogen and oxygen atoms in total. The highest BCUT2D eigenvalue weighted by atomic mass is 32.2. The molecule has 0 aliphatic carbocycles. The van der Waals surface area contributed by atoms with E-state index in [4.69, 9.17) is 0 Å². The van der Waals surface area contributed by atoms with Crippen molar-refractivity contribution >= 4 is 21.6 Å². The summed E-state index contributed by atoms with van der Waals surface area (Å²) in [6.07, 6.45) is 1.18. The van der Waals surface area contributed by atoms with Gasteiger partial charge in [-0.15, -0.1) is 0 Å². The number of carbonyl (C=O) groups excluding carboxylic acids is 1. The molecule has 1 amide bonds. The summed E-state index contributed by atoms with van der Waals surface area (Å²) in [6.45, 7) is 3.53. The monoisotopic (exact) mass is 389 g/mol. The van der Waals surface area contributed by atoms with Crippen LogP contribution < -0.4 is 9.62 Å². The third-order valence-corrected chi connectivity index (χ3v) is 5.25. The van der Waals surface area contributed by atoms with Gasteiger partial charge in [0.2, 0.25) is 10.0 Å². The zero-order valence-electron chi connectivity index (χ0n) is 16.3. The molecule has 7 heteroatoms. The van der Waals surface area contributed by atoms with Gasteiger partial charge in [-0.3, -0.25) is 9.10 Å². The lowest BCUT2D eigenvalue weighted by Gasteiger charge is -2.23. The molecule has 0 spiro atoms. The first kappa shape index (κ1) is 20.9. The molecule has 1 N–H and O–H groups in total. The fraction of sp³-hybridized carbons (Fsp3) is 0.350. The van der Waals surface area contributed by atoms with Gasteiger partial charge in [-0.2, -0.15) is 0 Å². The van der Waals surface area contributed by atoms with Crippen molar-refractivity contribution in [1.29, 1.82) is 0 Å². The lowest BCUT2D eigenvalue weighted by molar-refractivity contribution is 0.0951. The zero-order valence-corrected chi connectivity index (χ0v) is 17.1. The van der Waals surface area contributed by atoms with E-state index in [0.717, 1.165) is 17.7 Å². The van der Waals surface area contributed by atoms with Gasteiger partial charge in [0.25, 0.3) is 5.91 Å². The molecule has 0 heterocycles. The first-order valence-corrected chi connectivity index (χ1v) is 10.6. The highest BCUT2D eigenvalue weighted by molar-refractivity contribution is 7.92. The minimum Gasteiger partial charge on any atom is -0.351 e. The Bertz CT molecular complexity index is 860. The van der Waals surface area contributed by atoms with Crippen LogP contribution in [0.15, 0.2) is 48.5 Å². The Morgan fingerprint density at radius 2 is 1.59 bits per heavy atom. The van der Waals surface area contributed by atoms with Gasteiger partial charge in [0.05, 0.1) is 18.5 Å². The van der Waals surface area contributed by atoms with Crippen LogP contribution in [0.5, 0.6) is 0 Å². The van der Waals surface area contributed by atoms with Crippen LogP contribution >= 0.6 is 0 Å². The van der Waals surface area contributed by atoms with Crippen LogP contribution in [0, 0.1) is 6.92 Å². The topological polar surface area (TPSA) is 69.7 Å². The summed E-state index contributed by atoms with van der Waals surface area (Å²) >= 11 is 0. The molecule has 0 bridgehead atoms. The van der Waals surface area contributed by atoms with E-state index in [1.807, 2.05) is 50.2 Å². The number of hydrogen-bond donors (Lipinski definition) is 1. The van der Waals surface area contributed by atoms with Gasteiger partial charge in [-0.25, -0.2) is 8.42 Å². The third-order valence-electron chi connectivity index (χ3n) is 4.11. The average molecular weight is 390 g/mol. The van der Waals surface area contributed by atoms with Crippen molar-refractivity contribution in [3.63, 3.8) is 0 Å². The van der Waals surface area contributed by atoms with Gasteiger partial charge in [-0.05, 0) is 50.8 Å². The maximum absolute atomic E-state index is 12.3. The van der Waals surface area contributed by atoms with Crippen LogP contribution in [0.2, 0.25) is 0 Å². The van der Waals surface area contributed by atoms with Crippen LogP contribution in [0.4, 0.5) is 5.69 Å². The third kappa shape index (κ3) is 6.37. The number of sulfonamides is 1. The smallest absolute Gasteiger partial charge is 0.251 e. The Morgan fingerprint density at radius 1 is 1.00 bits per heavy atom. The SMILES string of the molecule is Cc1ccc(CN(c2ccc(C(=O)NCCN(C)C)cc2)S(C)(=O)=O)cc1. The maximum Gasteiger partial charge on any atom is 0.251 e. The standard InChI is InChI=1S/C20H27N3O3S/c1-16-5-7-17(8-6-16)15-23(27(4,25)26)19-11-9-18(10-12-19)20(24)21-13-14-22(2)3/h5-12H,13-15H2,1-4H3,(H,21,24). The molecule has 2 aromatic rings. The quantitative estimate of drug-likeness (QED) is 0.752. The van der Waals surface area contributed by atoms with Crippen LogP contribution in [0.1, 0.15) is 21.5 Å². The summed E-state index contributed by atoms with van der Waals surface area (Å²) in [5.74, 6) is -0.173. The van der Waals surface area contributed by atoms with Crippen molar-refractivity contribution in [2.75, 3.05) is 37.7 Å². The average Bonchev–Trinajstić information content (AvgIpc) is 2.60. The number of amides is 1. The Hall–Kier alpha value is -2.38. The molecule has 0 aromatic heterocycles. The zero-order chi connectivity index (χ0) is 20.0. The minimum absolute atomic E-state index is 0.173. The number of aryl methyl sites for hydroxylation is 1. The predicted molar refractivity (Wildman–Crippen MR) is 110 cm³/mol. The fourth-order valence-electron chi connectivity index (χ4n) is 2.53. The molecule has 2 rings (SSSR count). The second kappa shape index (κ2) is 9.01. The number of anilines is 1. The summed E-state index contributed by atoms with van der Waals surface area (Å²) in [6, 6.07) is 14.4. The van der Waals surface area contributed by atoms with Crippen LogP contribution in [-0.4, -0.2) is 52.7 Å². The summed E-state index contributed by atoms with van der Waals surface area (Å²) in [7, 11) is 0.423. The molecule has 146 valence electrons. The van der Waals surface area contributed by atoms with E-state index in [1.165, 1.54) is 10.6 Å². The summed E-state index contributed by atoms with van der Waals surface area (Å²) in [4.78, 5) is 14.2. The Morgan fingerprint density at radius 3 is 2.11 bits per heavy atom. The molecule has 0 saturated carbocycles. The van der Waals surface area contributed by atoms with Crippen LogP contribution in [0.3, 0.4) is 0 Å². The van der Waals surface area contributed by atoms with E-state index in [9.17, 15) is 13.2 Å². The van der Waals surface area contributed by atoms with Crippen molar-refractivity contribution in [2.24, 2.45) is 0 Å². The molecular weight excluding hydrogens is 362 g/mol. The maximum atomic E-state index is 12.3. The number of nitrogens with zero attached hydrogens (tertiary/aromatic N) is 2. The van der Waals surface area contributed by atoms with E-state index >= 15 is 0 Å². The highest BCUT2D eigenvalue weighted by Crippen LogP contribution is 2.21. The number of rotatable bonds is 8. The van der Waals surface area contributed by atoms with Gasteiger partial charge < -0.3 is 10.2 Å². The van der Waals surface area contributed by atoms with Gasteiger partial charge >= 0.3 is 0 Å². The Kier molecular flexibility index (Phi) is 6.98. The first-order chi connectivity index (χ1) is 12.7. The highest BCUT2D eigenvalue weighted by Gasteiger charge is 2.18. The van der Waals surface area contributed by atoms with Gasteiger partial charge in [0.15, 0.2) is 0 Å². The summed E-state index contributed by atoms with van der Waals surface area (Å²) in [5.41, 5.74) is 3.05. The number of nitrogens with one attached hydrogen (secondary N) is 1. The molecule has 0 aliphatic rings. The molecule has 27 heavy (non-hydrogen) atoms. The summed E-state index contributed by atoms with van der Waals surface area (Å²) < 4.78 is 25.9. The van der Waals surface area contributed by atoms with Crippen molar-refractivity contribution < 1.29 is 13.2 Å². The molecule has 0 fully saturated rings. The molecule has 2 aromatic carbocycles. The minimum atomic E-state index is -3.46. The molecule has 0 radical (unpaired) electrons. The van der Waals surface area contributed by atoms with Gasteiger partial charge in [0.1, 0.15) is 0 Å². The fourth-order valence-corrected chi connectivity index (χ4v) is 3.42. The molecule has 0 atom stereocenters. The van der Waals surface area contributed by atoms with E-state index in [2.05, 4.69) is 5.32 Å². The van der Waals surface area contributed by atoms with Crippen molar-refractivity contribution in [1.82, 2.24) is 10.2 Å². The second-order valence-electron chi connectivity index (χ2n) is 6.86. The predicted octanol–water partition coefficient (Wildman–Crippen LogP) is 2.25. The molecule has 0 unspecified atom stereocenters. The molecule has 0 saturated heterocycles. The second-order valence-corrected chi connectivity index (χ2v) is 8.77. The molecular formula is C20H27N3O3S. The lowest BCUT2D eigenvalue weighted by Crippen LogP contribution is -2.31. The van der Waals surface area contributed by atoms with Crippen LogP contribution in [0.25, 0.3) is 0 Å². The van der Waals surface area contributed by atoms with Crippen LogP contribution in [-0.2, 0) is 16.6 Å². The number of likely N-dealkylation sites (N-methyl/N-ethyl adjacent to an activating group) is 1. The first-order valence-electron chi connectivity index (χ1n) is 8.73. The largest absolute Gasteiger partial charge is 0.351 e. The van der Waals surface area contributed by atoms with E-state index < -0.39 is 10.0 Å². The van der Waals surface area contributed by atoms with Gasteiger partial charge in [0, 0.05) is 18.7 Å². The van der Waals surface area contributed by atoms with Crippen molar-refractivity contribution in [3.8, 4) is 0 Å². The Labute approximate surface area is 161 Å². The van der Waals surface area contributed by atoms with Crippen molar-refractivity contribution in [2.45, 2.75) is 13.5 Å². The molecule has 0 aliphatic heterocycles. The normalized spacial score (nSPS) is 11.4. The number of carbonyl (C=O) groups is 1. The van der Waals surface area contributed by atoms with E-state index in [0.29, 0.717) is 17.8 Å². The van der Waals surface area contributed by atoms with Crippen molar-refractivity contribution in [3.05, 3.63) is 65.2 Å². The summed E-state index contributed by atoms with van der Waals surface area (Å²) in [5, 5.41) is 2.84. The van der Waals surface area contributed by atoms with E-state index in [-0.39, 0.29) is 12.5 Å². The lowest BCUT2D eigenvalue weighted by atomic mass is 10.1. The van der Waals surface area contributed by atoms with Gasteiger partial charge in [-0.1, -0.05) is 29.8 Å². The number of benzene rings is 2. The Balaban J connectivity index is 2.15. The number of hydrogen-bond acceptors (Lipinski definition) is 4. The van der Waals surface area contributed by atoms with E-state index in [1.54, 1.807) is 24.3 Å².